The maximum absolute atomic E-state index is 12.5. The van der Waals surface area contributed by atoms with Gasteiger partial charge in [-0.25, -0.2) is 0 Å². The summed E-state index contributed by atoms with van der Waals surface area (Å²) in [6.45, 7) is 7.15. The van der Waals surface area contributed by atoms with Gasteiger partial charge < -0.3 is 14.2 Å². The summed E-state index contributed by atoms with van der Waals surface area (Å²) >= 11 is 0. The molecule has 6 nitrogen and oxygen atoms in total. The van der Waals surface area contributed by atoms with E-state index in [-0.39, 0.29) is 37.8 Å². The first-order chi connectivity index (χ1) is 9.94. The number of allylic oxidation sites excluding steroid dienone is 1. The van der Waals surface area contributed by atoms with Crippen molar-refractivity contribution >= 4 is 17.7 Å². The number of carbonyl (C=O) groups excluding carboxylic acids is 3. The summed E-state index contributed by atoms with van der Waals surface area (Å²) in [6, 6.07) is 0. The van der Waals surface area contributed by atoms with E-state index in [4.69, 9.17) is 14.2 Å². The van der Waals surface area contributed by atoms with Gasteiger partial charge in [-0.1, -0.05) is 6.92 Å². The van der Waals surface area contributed by atoms with Crippen LogP contribution in [-0.2, 0) is 28.6 Å². The lowest BCUT2D eigenvalue weighted by Crippen LogP contribution is -2.51. The molecule has 1 unspecified atom stereocenters. The first-order valence-electron chi connectivity index (χ1n) is 7.17. The number of ketones is 1. The fraction of sp³-hybridized carbons (Fsp3) is 0.667. The van der Waals surface area contributed by atoms with Crippen molar-refractivity contribution in [3.8, 4) is 0 Å². The largest absolute Gasteiger partial charge is 0.496 e. The zero-order valence-corrected chi connectivity index (χ0v) is 12.9. The highest BCUT2D eigenvalue weighted by atomic mass is 16.6. The summed E-state index contributed by atoms with van der Waals surface area (Å²) in [6.07, 6.45) is 1.27. The molecule has 1 aliphatic rings. The number of esters is 2. The predicted molar refractivity (Wildman–Crippen MR) is 74.2 cm³/mol. The molecule has 0 N–H and O–H groups in total. The Bertz CT molecular complexity index is 433. The SMILES string of the molecule is CCOC(=O)C1(C(=O)OCC)C(OCC)=CC(=O)CC1C. The highest BCUT2D eigenvalue weighted by Gasteiger charge is 2.59. The van der Waals surface area contributed by atoms with Gasteiger partial charge in [-0.3, -0.25) is 14.4 Å². The average Bonchev–Trinajstić information content (AvgIpc) is 2.39. The molecule has 0 saturated carbocycles. The average molecular weight is 298 g/mol. The van der Waals surface area contributed by atoms with Gasteiger partial charge in [-0.2, -0.15) is 0 Å². The quantitative estimate of drug-likeness (QED) is 0.548. The second kappa shape index (κ2) is 7.24. The number of hydrogen-bond acceptors (Lipinski definition) is 6. The van der Waals surface area contributed by atoms with Gasteiger partial charge in [0, 0.05) is 12.5 Å². The third-order valence-electron chi connectivity index (χ3n) is 3.42. The highest BCUT2D eigenvalue weighted by Crippen LogP contribution is 2.44. The van der Waals surface area contributed by atoms with Crippen molar-refractivity contribution in [2.24, 2.45) is 11.3 Å². The van der Waals surface area contributed by atoms with Crippen LogP contribution in [-0.4, -0.2) is 37.5 Å². The lowest BCUT2D eigenvalue weighted by Gasteiger charge is -2.37. The second-order valence-electron chi connectivity index (χ2n) is 4.76. The molecule has 118 valence electrons. The van der Waals surface area contributed by atoms with E-state index >= 15 is 0 Å². The topological polar surface area (TPSA) is 78.9 Å². The number of carbonyl (C=O) groups is 3. The van der Waals surface area contributed by atoms with Crippen LogP contribution in [0.4, 0.5) is 0 Å². The highest BCUT2D eigenvalue weighted by molar-refractivity contribution is 6.07. The van der Waals surface area contributed by atoms with Crippen molar-refractivity contribution in [1.29, 1.82) is 0 Å². The van der Waals surface area contributed by atoms with Crippen molar-refractivity contribution in [3.05, 3.63) is 11.8 Å². The van der Waals surface area contributed by atoms with E-state index in [9.17, 15) is 14.4 Å². The van der Waals surface area contributed by atoms with E-state index in [1.54, 1.807) is 27.7 Å². The molecule has 0 aromatic heterocycles. The van der Waals surface area contributed by atoms with E-state index in [1.165, 1.54) is 6.08 Å². The van der Waals surface area contributed by atoms with E-state index < -0.39 is 23.3 Å². The van der Waals surface area contributed by atoms with Crippen LogP contribution in [0.5, 0.6) is 0 Å². The summed E-state index contributed by atoms with van der Waals surface area (Å²) in [5, 5.41) is 0. The van der Waals surface area contributed by atoms with Crippen molar-refractivity contribution in [2.45, 2.75) is 34.1 Å². The minimum absolute atomic E-state index is 0.0191. The molecular formula is C15H22O6. The third kappa shape index (κ3) is 3.09. The lowest BCUT2D eigenvalue weighted by molar-refractivity contribution is -0.177. The molecule has 0 spiro atoms. The van der Waals surface area contributed by atoms with Crippen LogP contribution in [0.1, 0.15) is 34.1 Å². The van der Waals surface area contributed by atoms with Crippen LogP contribution >= 0.6 is 0 Å². The Balaban J connectivity index is 3.42. The minimum atomic E-state index is -1.70. The van der Waals surface area contributed by atoms with Crippen LogP contribution in [0.3, 0.4) is 0 Å². The maximum Gasteiger partial charge on any atom is 0.331 e. The van der Waals surface area contributed by atoms with Crippen LogP contribution in [0.2, 0.25) is 0 Å². The van der Waals surface area contributed by atoms with Gasteiger partial charge in [0.1, 0.15) is 5.76 Å². The summed E-state index contributed by atoms with van der Waals surface area (Å²) in [4.78, 5) is 36.7. The fourth-order valence-corrected chi connectivity index (χ4v) is 2.50. The fourth-order valence-electron chi connectivity index (χ4n) is 2.50. The molecule has 6 heteroatoms. The molecule has 0 aromatic carbocycles. The van der Waals surface area contributed by atoms with Crippen molar-refractivity contribution in [1.82, 2.24) is 0 Å². The molecule has 0 fully saturated rings. The van der Waals surface area contributed by atoms with Gasteiger partial charge in [-0.15, -0.1) is 0 Å². The Morgan fingerprint density at radius 3 is 2.10 bits per heavy atom. The van der Waals surface area contributed by atoms with Gasteiger partial charge in [0.05, 0.1) is 19.8 Å². The monoisotopic (exact) mass is 298 g/mol. The first kappa shape index (κ1) is 17.2. The number of ether oxygens (including phenoxy) is 3. The van der Waals surface area contributed by atoms with E-state index in [1.807, 2.05) is 0 Å². The van der Waals surface area contributed by atoms with Crippen LogP contribution < -0.4 is 0 Å². The van der Waals surface area contributed by atoms with Crippen LogP contribution in [0.25, 0.3) is 0 Å². The maximum atomic E-state index is 12.5. The molecule has 0 radical (unpaired) electrons. The Labute approximate surface area is 124 Å². The molecule has 0 aliphatic heterocycles. The van der Waals surface area contributed by atoms with Crippen LogP contribution in [0, 0.1) is 11.3 Å². The molecule has 0 amide bonds. The number of rotatable bonds is 6. The minimum Gasteiger partial charge on any atom is -0.496 e. The summed E-state index contributed by atoms with van der Waals surface area (Å²) in [5.41, 5.74) is -1.70. The van der Waals surface area contributed by atoms with E-state index in [0.717, 1.165) is 0 Å². The molecule has 0 bridgehead atoms. The Kier molecular flexibility index (Phi) is 5.93. The summed E-state index contributed by atoms with van der Waals surface area (Å²) < 4.78 is 15.5. The van der Waals surface area contributed by atoms with Crippen molar-refractivity contribution < 1.29 is 28.6 Å². The molecular weight excluding hydrogens is 276 g/mol. The van der Waals surface area contributed by atoms with Crippen molar-refractivity contribution in [2.75, 3.05) is 19.8 Å². The molecule has 0 aromatic rings. The Hall–Kier alpha value is -1.85. The Morgan fingerprint density at radius 1 is 1.14 bits per heavy atom. The van der Waals surface area contributed by atoms with Gasteiger partial charge in [0.15, 0.2) is 5.78 Å². The zero-order chi connectivity index (χ0) is 16.0. The molecule has 21 heavy (non-hydrogen) atoms. The first-order valence-corrected chi connectivity index (χ1v) is 7.17. The molecule has 1 rings (SSSR count). The zero-order valence-electron chi connectivity index (χ0n) is 12.9. The molecule has 0 saturated heterocycles. The van der Waals surface area contributed by atoms with Gasteiger partial charge >= 0.3 is 11.9 Å². The summed E-state index contributed by atoms with van der Waals surface area (Å²) in [7, 11) is 0. The van der Waals surface area contributed by atoms with E-state index in [2.05, 4.69) is 0 Å². The van der Waals surface area contributed by atoms with Crippen molar-refractivity contribution in [3.63, 3.8) is 0 Å². The van der Waals surface area contributed by atoms with Gasteiger partial charge in [0.2, 0.25) is 5.41 Å². The smallest absolute Gasteiger partial charge is 0.331 e. The molecule has 1 aliphatic carbocycles. The predicted octanol–water partition coefficient (Wildman–Crippen LogP) is 1.63. The standard InChI is InChI=1S/C15H22O6/c1-5-19-12-9-11(16)8-10(4)15(12,13(17)20-6-2)14(18)21-7-3/h9-10H,5-8H2,1-4H3. The normalized spacial score (nSPS) is 20.5. The van der Waals surface area contributed by atoms with Gasteiger partial charge in [-0.05, 0) is 26.7 Å². The third-order valence-corrected chi connectivity index (χ3v) is 3.42. The van der Waals surface area contributed by atoms with E-state index in [0.29, 0.717) is 0 Å². The summed E-state index contributed by atoms with van der Waals surface area (Å²) in [5.74, 6) is -2.22. The van der Waals surface area contributed by atoms with Crippen LogP contribution in [0.15, 0.2) is 11.8 Å². The molecule has 1 atom stereocenters. The van der Waals surface area contributed by atoms with Gasteiger partial charge in [0.25, 0.3) is 0 Å². The number of hydrogen-bond donors (Lipinski definition) is 0. The second-order valence-corrected chi connectivity index (χ2v) is 4.76. The Morgan fingerprint density at radius 2 is 1.67 bits per heavy atom. The lowest BCUT2D eigenvalue weighted by atomic mass is 9.69. The molecule has 0 heterocycles.